The van der Waals surface area contributed by atoms with Crippen LogP contribution >= 0.6 is 0 Å². The van der Waals surface area contributed by atoms with E-state index in [1.807, 2.05) is 13.0 Å². The predicted molar refractivity (Wildman–Crippen MR) is 66.0 cm³/mol. The molecular weight excluding hydrogens is 234 g/mol. The van der Waals surface area contributed by atoms with E-state index in [-0.39, 0.29) is 0 Å². The van der Waals surface area contributed by atoms with Crippen molar-refractivity contribution in [3.8, 4) is 0 Å². The van der Waals surface area contributed by atoms with Gasteiger partial charge in [-0.05, 0) is 41.3 Å². The van der Waals surface area contributed by atoms with Crippen molar-refractivity contribution in [2.45, 2.75) is 19.4 Å². The molecule has 2 aromatic rings. The summed E-state index contributed by atoms with van der Waals surface area (Å²) in [4.78, 5) is 4.03. The molecule has 0 radical (unpaired) electrons. The van der Waals surface area contributed by atoms with Crippen LogP contribution in [0.15, 0.2) is 36.7 Å². The maximum absolute atomic E-state index is 13.2. The van der Waals surface area contributed by atoms with Crippen molar-refractivity contribution in [3.63, 3.8) is 0 Å². The molecule has 4 heteroatoms. The van der Waals surface area contributed by atoms with Gasteiger partial charge in [0.05, 0.1) is 6.04 Å². The summed E-state index contributed by atoms with van der Waals surface area (Å²) in [5, 5.41) is 0. The Bertz CT molecular complexity index is 555. The van der Waals surface area contributed by atoms with Gasteiger partial charge < -0.3 is 5.73 Å². The summed E-state index contributed by atoms with van der Waals surface area (Å²) >= 11 is 0. The molecule has 0 aliphatic carbocycles. The van der Waals surface area contributed by atoms with E-state index in [1.54, 1.807) is 12.4 Å². The first kappa shape index (κ1) is 12.6. The molecule has 0 fully saturated rings. The minimum absolute atomic E-state index is 0.474. The first-order valence-electron chi connectivity index (χ1n) is 5.76. The third-order valence-electron chi connectivity index (χ3n) is 2.96. The maximum atomic E-state index is 13.2. The van der Waals surface area contributed by atoms with E-state index in [2.05, 4.69) is 4.98 Å². The highest BCUT2D eigenvalue weighted by Crippen LogP contribution is 2.23. The monoisotopic (exact) mass is 248 g/mol. The van der Waals surface area contributed by atoms with Gasteiger partial charge in [0.25, 0.3) is 0 Å². The number of nitrogens with two attached hydrogens (primary N) is 1. The standard InChI is InChI=1S/C14H14F2N2/c1-2-9-8-18-6-5-11(9)14(17)10-3-4-12(15)13(16)7-10/h3-8,14H,2,17H2,1H3. The van der Waals surface area contributed by atoms with Crippen molar-refractivity contribution >= 4 is 0 Å². The number of nitrogens with zero attached hydrogens (tertiary/aromatic N) is 1. The number of aromatic nitrogens is 1. The Morgan fingerprint density at radius 2 is 2.00 bits per heavy atom. The minimum atomic E-state index is -0.880. The lowest BCUT2D eigenvalue weighted by molar-refractivity contribution is 0.506. The Balaban J connectivity index is 2.41. The Labute approximate surface area is 104 Å². The molecule has 0 saturated carbocycles. The SMILES string of the molecule is CCc1cnccc1C(N)c1ccc(F)c(F)c1. The number of rotatable bonds is 3. The normalized spacial score (nSPS) is 12.4. The Morgan fingerprint density at radius 3 is 2.67 bits per heavy atom. The molecule has 2 N–H and O–H groups in total. The van der Waals surface area contributed by atoms with E-state index >= 15 is 0 Å². The van der Waals surface area contributed by atoms with Gasteiger partial charge >= 0.3 is 0 Å². The quantitative estimate of drug-likeness (QED) is 0.907. The van der Waals surface area contributed by atoms with E-state index in [0.29, 0.717) is 5.56 Å². The first-order chi connectivity index (χ1) is 8.63. The van der Waals surface area contributed by atoms with Crippen LogP contribution in [0.2, 0.25) is 0 Å². The minimum Gasteiger partial charge on any atom is -0.320 e. The molecule has 0 saturated heterocycles. The first-order valence-corrected chi connectivity index (χ1v) is 5.76. The number of hydrogen-bond acceptors (Lipinski definition) is 2. The van der Waals surface area contributed by atoms with Crippen LogP contribution in [0.1, 0.15) is 29.7 Å². The molecular formula is C14H14F2N2. The largest absolute Gasteiger partial charge is 0.320 e. The van der Waals surface area contributed by atoms with Crippen molar-refractivity contribution in [1.29, 1.82) is 0 Å². The van der Waals surface area contributed by atoms with E-state index in [4.69, 9.17) is 5.73 Å². The zero-order valence-corrected chi connectivity index (χ0v) is 10.0. The van der Waals surface area contributed by atoms with Crippen LogP contribution in [0.25, 0.3) is 0 Å². The second kappa shape index (κ2) is 5.23. The van der Waals surface area contributed by atoms with E-state index in [9.17, 15) is 8.78 Å². The summed E-state index contributed by atoms with van der Waals surface area (Å²) in [7, 11) is 0. The molecule has 0 bridgehead atoms. The third kappa shape index (κ3) is 2.38. The van der Waals surface area contributed by atoms with Crippen LogP contribution in [0, 0.1) is 11.6 Å². The third-order valence-corrected chi connectivity index (χ3v) is 2.96. The maximum Gasteiger partial charge on any atom is 0.159 e. The zero-order valence-electron chi connectivity index (χ0n) is 10.0. The average Bonchev–Trinajstić information content (AvgIpc) is 2.41. The summed E-state index contributed by atoms with van der Waals surface area (Å²) in [5.74, 6) is -1.74. The molecule has 2 rings (SSSR count). The summed E-state index contributed by atoms with van der Waals surface area (Å²) in [6.45, 7) is 2.00. The van der Waals surface area contributed by atoms with Crippen molar-refractivity contribution in [2.75, 3.05) is 0 Å². The molecule has 94 valence electrons. The molecule has 1 aromatic heterocycles. The molecule has 0 spiro atoms. The summed E-state index contributed by atoms with van der Waals surface area (Å²) in [6.07, 6.45) is 4.18. The van der Waals surface area contributed by atoms with Crippen LogP contribution in [0.5, 0.6) is 0 Å². The molecule has 2 nitrogen and oxygen atoms in total. The summed E-state index contributed by atoms with van der Waals surface area (Å²) < 4.78 is 26.1. The van der Waals surface area contributed by atoms with Gasteiger partial charge in [0.2, 0.25) is 0 Å². The summed E-state index contributed by atoms with van der Waals surface area (Å²) in [6, 6.07) is 5.07. The fourth-order valence-electron chi connectivity index (χ4n) is 1.92. The van der Waals surface area contributed by atoms with Gasteiger partial charge in [-0.25, -0.2) is 8.78 Å². The van der Waals surface area contributed by atoms with Crippen LogP contribution in [-0.2, 0) is 6.42 Å². The Morgan fingerprint density at radius 1 is 1.22 bits per heavy atom. The van der Waals surface area contributed by atoms with E-state index in [1.165, 1.54) is 6.07 Å². The molecule has 1 unspecified atom stereocenters. The number of hydrogen-bond donors (Lipinski definition) is 1. The Hall–Kier alpha value is -1.81. The van der Waals surface area contributed by atoms with Crippen molar-refractivity contribution in [1.82, 2.24) is 4.98 Å². The molecule has 1 heterocycles. The second-order valence-corrected chi connectivity index (χ2v) is 4.08. The number of benzene rings is 1. The van der Waals surface area contributed by atoms with Crippen molar-refractivity contribution in [2.24, 2.45) is 5.73 Å². The Kier molecular flexibility index (Phi) is 3.67. The molecule has 1 atom stereocenters. The van der Waals surface area contributed by atoms with Crippen molar-refractivity contribution < 1.29 is 8.78 Å². The molecule has 0 aliphatic rings. The number of aryl methyl sites for hydroxylation is 1. The topological polar surface area (TPSA) is 38.9 Å². The van der Waals surface area contributed by atoms with Gasteiger partial charge in [-0.15, -0.1) is 0 Å². The number of pyridine rings is 1. The van der Waals surface area contributed by atoms with E-state index < -0.39 is 17.7 Å². The van der Waals surface area contributed by atoms with Gasteiger partial charge in [0.15, 0.2) is 11.6 Å². The van der Waals surface area contributed by atoms with Gasteiger partial charge in [0.1, 0.15) is 0 Å². The predicted octanol–water partition coefficient (Wildman–Crippen LogP) is 2.97. The van der Waals surface area contributed by atoms with Crippen LogP contribution < -0.4 is 5.73 Å². The van der Waals surface area contributed by atoms with Gasteiger partial charge in [0, 0.05) is 12.4 Å². The van der Waals surface area contributed by atoms with Gasteiger partial charge in [-0.3, -0.25) is 4.98 Å². The van der Waals surface area contributed by atoms with Gasteiger partial charge in [-0.1, -0.05) is 13.0 Å². The lowest BCUT2D eigenvalue weighted by atomic mass is 9.95. The van der Waals surface area contributed by atoms with Crippen LogP contribution in [0.3, 0.4) is 0 Å². The highest BCUT2D eigenvalue weighted by molar-refractivity contribution is 5.35. The fourth-order valence-corrected chi connectivity index (χ4v) is 1.92. The second-order valence-electron chi connectivity index (χ2n) is 4.08. The lowest BCUT2D eigenvalue weighted by Crippen LogP contribution is -2.14. The van der Waals surface area contributed by atoms with E-state index in [0.717, 1.165) is 29.7 Å². The molecule has 0 aliphatic heterocycles. The fraction of sp³-hybridized carbons (Fsp3) is 0.214. The lowest BCUT2D eigenvalue weighted by Gasteiger charge is -2.16. The van der Waals surface area contributed by atoms with Crippen LogP contribution in [0.4, 0.5) is 8.78 Å². The molecule has 1 aromatic carbocycles. The molecule has 0 amide bonds. The average molecular weight is 248 g/mol. The summed E-state index contributed by atoms with van der Waals surface area (Å²) in [5.41, 5.74) is 8.54. The highest BCUT2D eigenvalue weighted by Gasteiger charge is 2.14. The van der Waals surface area contributed by atoms with Crippen LogP contribution in [-0.4, -0.2) is 4.98 Å². The number of halogens is 2. The smallest absolute Gasteiger partial charge is 0.159 e. The van der Waals surface area contributed by atoms with Gasteiger partial charge in [-0.2, -0.15) is 0 Å². The zero-order chi connectivity index (χ0) is 13.1. The highest BCUT2D eigenvalue weighted by atomic mass is 19.2. The molecule has 18 heavy (non-hydrogen) atoms. The van der Waals surface area contributed by atoms with Crippen molar-refractivity contribution in [3.05, 3.63) is 65.0 Å².